The van der Waals surface area contributed by atoms with Gasteiger partial charge in [0.2, 0.25) is 0 Å². The number of nitrogens with one attached hydrogen (secondary N) is 1. The predicted octanol–water partition coefficient (Wildman–Crippen LogP) is 3.10. The molecule has 0 fully saturated rings. The summed E-state index contributed by atoms with van der Waals surface area (Å²) in [5, 5.41) is 2.81. The molecule has 122 valence electrons. The standard InChI is InChI=1S/C19H23NO3/c1-15-8-10-18(11-9-15)23-16(2)19(21)20-12-13-22-14-17-6-4-3-5-7-17/h3-11,16H,12-14H2,1-2H3,(H,20,21). The first kappa shape index (κ1) is 17.0. The first-order chi connectivity index (χ1) is 11.1. The Bertz CT molecular complexity index is 596. The van der Waals surface area contributed by atoms with Gasteiger partial charge in [0.1, 0.15) is 5.75 Å². The average molecular weight is 313 g/mol. The summed E-state index contributed by atoms with van der Waals surface area (Å²) in [6.45, 7) is 5.23. The second kappa shape index (κ2) is 8.96. The molecule has 0 aromatic heterocycles. The predicted molar refractivity (Wildman–Crippen MR) is 90.4 cm³/mol. The van der Waals surface area contributed by atoms with Gasteiger partial charge in [-0.2, -0.15) is 0 Å². The van der Waals surface area contributed by atoms with E-state index in [1.807, 2.05) is 61.5 Å². The number of benzene rings is 2. The van der Waals surface area contributed by atoms with Gasteiger partial charge >= 0.3 is 0 Å². The molecule has 0 saturated heterocycles. The Morgan fingerprint density at radius 1 is 1.09 bits per heavy atom. The zero-order valence-electron chi connectivity index (χ0n) is 13.6. The zero-order chi connectivity index (χ0) is 16.5. The number of carbonyl (C=O) groups excluding carboxylic acids is 1. The van der Waals surface area contributed by atoms with Crippen molar-refractivity contribution in [3.63, 3.8) is 0 Å². The molecule has 4 nitrogen and oxygen atoms in total. The van der Waals surface area contributed by atoms with Crippen molar-refractivity contribution in [2.75, 3.05) is 13.2 Å². The van der Waals surface area contributed by atoms with Gasteiger partial charge in [-0.3, -0.25) is 4.79 Å². The van der Waals surface area contributed by atoms with Crippen LogP contribution in [0.4, 0.5) is 0 Å². The molecule has 4 heteroatoms. The van der Waals surface area contributed by atoms with Gasteiger partial charge in [-0.15, -0.1) is 0 Å². The van der Waals surface area contributed by atoms with Crippen molar-refractivity contribution in [2.24, 2.45) is 0 Å². The third-order valence-corrected chi connectivity index (χ3v) is 3.36. The first-order valence-electron chi connectivity index (χ1n) is 7.78. The van der Waals surface area contributed by atoms with Gasteiger partial charge in [0, 0.05) is 6.54 Å². The summed E-state index contributed by atoms with van der Waals surface area (Å²) >= 11 is 0. The topological polar surface area (TPSA) is 47.6 Å². The maximum absolute atomic E-state index is 12.0. The van der Waals surface area contributed by atoms with Crippen molar-refractivity contribution in [3.05, 3.63) is 65.7 Å². The molecule has 0 heterocycles. The number of ether oxygens (including phenoxy) is 2. The minimum absolute atomic E-state index is 0.145. The Hall–Kier alpha value is -2.33. The molecular formula is C19H23NO3. The Kier molecular flexibility index (Phi) is 6.63. The summed E-state index contributed by atoms with van der Waals surface area (Å²) in [7, 11) is 0. The van der Waals surface area contributed by atoms with Gasteiger partial charge < -0.3 is 14.8 Å². The lowest BCUT2D eigenvalue weighted by molar-refractivity contribution is -0.127. The molecule has 0 aliphatic carbocycles. The molecule has 0 aliphatic heterocycles. The van der Waals surface area contributed by atoms with E-state index in [-0.39, 0.29) is 5.91 Å². The molecule has 2 rings (SSSR count). The SMILES string of the molecule is Cc1ccc(OC(C)C(=O)NCCOCc2ccccc2)cc1. The highest BCUT2D eigenvalue weighted by atomic mass is 16.5. The van der Waals surface area contributed by atoms with E-state index in [1.165, 1.54) is 0 Å². The maximum atomic E-state index is 12.0. The van der Waals surface area contributed by atoms with Crippen molar-refractivity contribution < 1.29 is 14.3 Å². The molecule has 1 unspecified atom stereocenters. The highest BCUT2D eigenvalue weighted by molar-refractivity contribution is 5.80. The molecule has 0 aliphatic rings. The molecule has 1 amide bonds. The number of amides is 1. The zero-order valence-corrected chi connectivity index (χ0v) is 13.6. The summed E-state index contributed by atoms with van der Waals surface area (Å²) < 4.78 is 11.1. The van der Waals surface area contributed by atoms with E-state index in [0.29, 0.717) is 25.5 Å². The van der Waals surface area contributed by atoms with E-state index in [2.05, 4.69) is 5.32 Å². The van der Waals surface area contributed by atoms with Gasteiger partial charge in [0.25, 0.3) is 5.91 Å². The van der Waals surface area contributed by atoms with Crippen LogP contribution in [0.5, 0.6) is 5.75 Å². The van der Waals surface area contributed by atoms with Gasteiger partial charge in [-0.1, -0.05) is 48.0 Å². The van der Waals surface area contributed by atoms with E-state index >= 15 is 0 Å². The van der Waals surface area contributed by atoms with Crippen LogP contribution < -0.4 is 10.1 Å². The van der Waals surface area contributed by atoms with Crippen LogP contribution >= 0.6 is 0 Å². The number of hydrogen-bond donors (Lipinski definition) is 1. The molecule has 23 heavy (non-hydrogen) atoms. The first-order valence-corrected chi connectivity index (χ1v) is 7.78. The van der Waals surface area contributed by atoms with Gasteiger partial charge in [-0.05, 0) is 31.5 Å². The third kappa shape index (κ3) is 6.12. The fourth-order valence-electron chi connectivity index (χ4n) is 2.03. The van der Waals surface area contributed by atoms with Crippen LogP contribution in [0.1, 0.15) is 18.1 Å². The monoisotopic (exact) mass is 313 g/mol. The van der Waals surface area contributed by atoms with Crippen LogP contribution in [0.25, 0.3) is 0 Å². The quantitative estimate of drug-likeness (QED) is 0.762. The second-order valence-electron chi connectivity index (χ2n) is 5.40. The van der Waals surface area contributed by atoms with Crippen molar-refractivity contribution in [1.82, 2.24) is 5.32 Å². The maximum Gasteiger partial charge on any atom is 0.260 e. The number of aryl methyl sites for hydroxylation is 1. The van der Waals surface area contributed by atoms with Crippen molar-refractivity contribution in [3.8, 4) is 5.75 Å². The van der Waals surface area contributed by atoms with Crippen molar-refractivity contribution in [2.45, 2.75) is 26.6 Å². The lowest BCUT2D eigenvalue weighted by Crippen LogP contribution is -2.38. The van der Waals surface area contributed by atoms with Crippen LogP contribution in [-0.2, 0) is 16.1 Å². The smallest absolute Gasteiger partial charge is 0.260 e. The van der Waals surface area contributed by atoms with Crippen LogP contribution in [0.2, 0.25) is 0 Å². The Labute approximate surface area is 137 Å². The molecular weight excluding hydrogens is 290 g/mol. The summed E-state index contributed by atoms with van der Waals surface area (Å²) in [5.74, 6) is 0.549. The summed E-state index contributed by atoms with van der Waals surface area (Å²) in [6.07, 6.45) is -0.535. The highest BCUT2D eigenvalue weighted by Gasteiger charge is 2.13. The van der Waals surface area contributed by atoms with Crippen LogP contribution in [0.15, 0.2) is 54.6 Å². The molecule has 0 bridgehead atoms. The van der Waals surface area contributed by atoms with Gasteiger partial charge in [0.05, 0.1) is 13.2 Å². The second-order valence-corrected chi connectivity index (χ2v) is 5.40. The largest absolute Gasteiger partial charge is 0.481 e. The van der Waals surface area contributed by atoms with Crippen LogP contribution in [0, 0.1) is 6.92 Å². The number of rotatable bonds is 8. The summed E-state index contributed by atoms with van der Waals surface area (Å²) in [6, 6.07) is 17.6. The van der Waals surface area contributed by atoms with Crippen LogP contribution in [0.3, 0.4) is 0 Å². The molecule has 0 spiro atoms. The fourth-order valence-corrected chi connectivity index (χ4v) is 2.03. The van der Waals surface area contributed by atoms with E-state index in [9.17, 15) is 4.79 Å². The lowest BCUT2D eigenvalue weighted by atomic mass is 10.2. The molecule has 2 aromatic carbocycles. The van der Waals surface area contributed by atoms with Gasteiger partial charge in [-0.25, -0.2) is 0 Å². The minimum Gasteiger partial charge on any atom is -0.481 e. The van der Waals surface area contributed by atoms with Crippen molar-refractivity contribution >= 4 is 5.91 Å². The highest BCUT2D eigenvalue weighted by Crippen LogP contribution is 2.13. The van der Waals surface area contributed by atoms with E-state index < -0.39 is 6.10 Å². The summed E-state index contributed by atoms with van der Waals surface area (Å²) in [4.78, 5) is 12.0. The van der Waals surface area contributed by atoms with Gasteiger partial charge in [0.15, 0.2) is 6.10 Å². The number of carbonyl (C=O) groups is 1. The normalized spacial score (nSPS) is 11.7. The van der Waals surface area contributed by atoms with E-state index in [1.54, 1.807) is 6.92 Å². The molecule has 0 radical (unpaired) electrons. The molecule has 0 saturated carbocycles. The molecule has 1 N–H and O–H groups in total. The Balaban J connectivity index is 1.63. The molecule has 2 aromatic rings. The van der Waals surface area contributed by atoms with Crippen molar-refractivity contribution in [1.29, 1.82) is 0 Å². The lowest BCUT2D eigenvalue weighted by Gasteiger charge is -2.15. The minimum atomic E-state index is -0.535. The Morgan fingerprint density at radius 2 is 1.78 bits per heavy atom. The molecule has 1 atom stereocenters. The Morgan fingerprint density at radius 3 is 2.48 bits per heavy atom. The van der Waals surface area contributed by atoms with Crippen LogP contribution in [-0.4, -0.2) is 25.2 Å². The van der Waals surface area contributed by atoms with E-state index in [4.69, 9.17) is 9.47 Å². The fraction of sp³-hybridized carbons (Fsp3) is 0.316. The third-order valence-electron chi connectivity index (χ3n) is 3.36. The summed E-state index contributed by atoms with van der Waals surface area (Å²) in [5.41, 5.74) is 2.28. The van der Waals surface area contributed by atoms with E-state index in [0.717, 1.165) is 11.1 Å². The average Bonchev–Trinajstić information content (AvgIpc) is 2.57. The number of hydrogen-bond acceptors (Lipinski definition) is 3.